The number of aromatic nitrogens is 4. The average Bonchev–Trinajstić information content (AvgIpc) is 4.16. The number of rotatable bonds is 4. The van der Waals surface area contributed by atoms with Crippen LogP contribution < -0.4 is 15.6 Å². The molecule has 5 heterocycles. The van der Waals surface area contributed by atoms with Gasteiger partial charge in [0.1, 0.15) is 0 Å². The molecule has 372 valence electrons. The third-order valence-electron chi connectivity index (χ3n) is 14.6. The summed E-state index contributed by atoms with van der Waals surface area (Å²) in [7, 11) is 0. The van der Waals surface area contributed by atoms with Crippen LogP contribution in [0.25, 0.3) is 112 Å². The van der Waals surface area contributed by atoms with Gasteiger partial charge in [-0.05, 0) is 112 Å². The van der Waals surface area contributed by atoms with Crippen molar-refractivity contribution in [3.8, 4) is 44.5 Å². The van der Waals surface area contributed by atoms with E-state index in [0.29, 0.717) is 27.5 Å². The van der Waals surface area contributed by atoms with E-state index in [1.165, 1.54) is 16.7 Å². The second-order valence-corrected chi connectivity index (χ2v) is 23.9. The van der Waals surface area contributed by atoms with Crippen molar-refractivity contribution in [1.29, 1.82) is 0 Å². The third kappa shape index (κ3) is 9.00. The first-order chi connectivity index (χ1) is 34.6. The van der Waals surface area contributed by atoms with Gasteiger partial charge in [0.25, 0.3) is 0 Å². The first kappa shape index (κ1) is 50.2. The molecule has 11 rings (SSSR count). The van der Waals surface area contributed by atoms with Gasteiger partial charge >= 0.3 is 22.1 Å². The van der Waals surface area contributed by atoms with E-state index in [1.807, 2.05) is 24.3 Å². The van der Waals surface area contributed by atoms with Gasteiger partial charge in [0.15, 0.2) is 0 Å². The first-order valence-electron chi connectivity index (χ1n) is 25.5. The molecule has 0 saturated heterocycles. The standard InChI is InChI=1S/C67H63N4O2.Ni/c1-64(2,3)43-24-18-40(19-25-43)56-49-32-33-50(68-49)57(41-20-26-44(27-21-41)65(4,5)6)52-35-37-54(70-52)59-47-31-30-46(67(10,11)12)38-48(47)55(39-16-14-13-15-17-39)60-61(59)71-62(73-63(60)72)58(53-36-34-51(56)69-53)42-22-28-45(29-23-42)66(7,8)9;/h13-38H,1-12H3,(H-,68,69,70,71,72);/q-1;+2/p-1. The Hall–Kier alpha value is -7.34. The van der Waals surface area contributed by atoms with Gasteiger partial charge in [0.2, 0.25) is 5.71 Å². The van der Waals surface area contributed by atoms with Gasteiger partial charge in [0, 0.05) is 11.1 Å². The predicted octanol–water partition coefficient (Wildman–Crippen LogP) is 17.1. The zero-order chi connectivity index (χ0) is 51.4. The fourth-order valence-corrected chi connectivity index (χ4v) is 10.4. The quantitative estimate of drug-likeness (QED) is 0.129. The Kier molecular flexibility index (Phi) is 12.4. The molecular formula is C67H62N4NiO2. The van der Waals surface area contributed by atoms with Crippen LogP contribution in [0, 0.1) is 0 Å². The summed E-state index contributed by atoms with van der Waals surface area (Å²) in [5, 5.41) is 3.00. The number of nitrogens with zero attached hydrogens (tertiary/aromatic N) is 4. The van der Waals surface area contributed by atoms with E-state index < -0.39 is 5.63 Å². The summed E-state index contributed by atoms with van der Waals surface area (Å²) in [6.07, 6.45) is 4.22. The van der Waals surface area contributed by atoms with Gasteiger partial charge in [-0.15, -0.1) is 22.1 Å². The SMILES string of the molecule is CC(C)(C)c1ccc(-c2c3nc(c(-c4ccc(C(C)(C)C)cc4)c4ccc([n-]4)c4c5ccc(C(C)(C)C)cc5c(-c5ccccc5)c5c(=O)oc(nc54)c(-c4ccc(C(C)(C)C)cc4)c4ccc2[n-]4)C=C3)cc1.[Ni+2]. The normalized spacial score (nSPS) is 12.8. The molecule has 10 aromatic rings. The molecule has 0 atom stereocenters. The van der Waals surface area contributed by atoms with Gasteiger partial charge in [-0.25, -0.2) is 14.8 Å². The summed E-state index contributed by atoms with van der Waals surface area (Å²) < 4.78 is 6.67. The van der Waals surface area contributed by atoms with E-state index >= 15 is 4.79 Å². The molecule has 6 nitrogen and oxygen atoms in total. The van der Waals surface area contributed by atoms with Gasteiger partial charge in [-0.3, -0.25) is 0 Å². The Morgan fingerprint density at radius 2 is 0.797 bits per heavy atom. The Balaban J connectivity index is 0.00000626. The molecule has 0 radical (unpaired) electrons. The van der Waals surface area contributed by atoms with Crippen molar-refractivity contribution in [2.75, 3.05) is 0 Å². The van der Waals surface area contributed by atoms with Gasteiger partial charge in [0.05, 0.1) is 22.3 Å². The number of hydrogen-bond acceptors (Lipinski definition) is 4. The summed E-state index contributed by atoms with van der Waals surface area (Å²) in [5.41, 5.74) is 15.9. The summed E-state index contributed by atoms with van der Waals surface area (Å²) in [4.78, 5) is 37.7. The minimum Gasteiger partial charge on any atom is -0.657 e. The van der Waals surface area contributed by atoms with E-state index in [4.69, 9.17) is 24.4 Å². The van der Waals surface area contributed by atoms with Crippen LogP contribution in [-0.4, -0.2) is 9.97 Å². The van der Waals surface area contributed by atoms with E-state index in [2.05, 4.69) is 217 Å². The van der Waals surface area contributed by atoms with Crippen LogP contribution in [0.4, 0.5) is 0 Å². The topological polar surface area (TPSA) is 84.2 Å². The van der Waals surface area contributed by atoms with Crippen molar-refractivity contribution in [2.45, 2.75) is 105 Å². The summed E-state index contributed by atoms with van der Waals surface area (Å²) in [6.45, 7) is 26.7. The van der Waals surface area contributed by atoms with Crippen LogP contribution in [0.5, 0.6) is 0 Å². The Morgan fingerprint density at radius 3 is 1.27 bits per heavy atom. The Labute approximate surface area is 444 Å². The van der Waals surface area contributed by atoms with Crippen LogP contribution in [0.1, 0.15) is 117 Å². The van der Waals surface area contributed by atoms with E-state index in [0.717, 1.165) is 83.1 Å². The van der Waals surface area contributed by atoms with Crippen LogP contribution >= 0.6 is 0 Å². The number of benzene rings is 6. The molecule has 0 N–H and O–H groups in total. The summed E-state index contributed by atoms with van der Waals surface area (Å²) in [5.74, 6) is 0. The van der Waals surface area contributed by atoms with Crippen molar-refractivity contribution in [2.24, 2.45) is 0 Å². The van der Waals surface area contributed by atoms with Crippen molar-refractivity contribution in [3.63, 3.8) is 0 Å². The Bertz CT molecular complexity index is 4030. The molecule has 8 bridgehead atoms. The molecule has 74 heavy (non-hydrogen) atoms. The zero-order valence-corrected chi connectivity index (χ0v) is 45.4. The fourth-order valence-electron chi connectivity index (χ4n) is 10.4. The first-order valence-corrected chi connectivity index (χ1v) is 25.5. The molecule has 0 fully saturated rings. The molecule has 0 spiro atoms. The molecule has 6 aromatic carbocycles. The van der Waals surface area contributed by atoms with Gasteiger partial charge < -0.3 is 14.4 Å². The summed E-state index contributed by atoms with van der Waals surface area (Å²) in [6, 6.07) is 51.0. The molecule has 0 saturated carbocycles. The third-order valence-corrected chi connectivity index (χ3v) is 14.6. The molecule has 0 unspecified atom stereocenters. The molecule has 1 aliphatic heterocycles. The van der Waals surface area contributed by atoms with E-state index in [-0.39, 0.29) is 43.9 Å². The van der Waals surface area contributed by atoms with Crippen LogP contribution in [0.15, 0.2) is 155 Å². The maximum atomic E-state index is 15.5. The van der Waals surface area contributed by atoms with Gasteiger partial charge in [-0.1, -0.05) is 223 Å². The van der Waals surface area contributed by atoms with Crippen molar-refractivity contribution >= 4 is 67.0 Å². The Morgan fingerprint density at radius 1 is 0.392 bits per heavy atom. The molecule has 7 heteroatoms. The zero-order valence-electron chi connectivity index (χ0n) is 44.4. The minimum absolute atomic E-state index is 0. The largest absolute Gasteiger partial charge is 2.00 e. The van der Waals surface area contributed by atoms with Crippen LogP contribution in [0.2, 0.25) is 0 Å². The molecular weight excluding hydrogens is 951 g/mol. The number of hydrogen-bond donors (Lipinski definition) is 0. The minimum atomic E-state index is -0.490. The maximum Gasteiger partial charge on any atom is 2.00 e. The van der Waals surface area contributed by atoms with Crippen molar-refractivity contribution in [3.05, 3.63) is 190 Å². The summed E-state index contributed by atoms with van der Waals surface area (Å²) >= 11 is 0. The maximum absolute atomic E-state index is 15.5. The van der Waals surface area contributed by atoms with Crippen LogP contribution in [-0.2, 0) is 38.2 Å². The monoisotopic (exact) mass is 1010 g/mol. The average molecular weight is 1010 g/mol. The van der Waals surface area contributed by atoms with Crippen molar-refractivity contribution < 1.29 is 20.9 Å². The molecule has 0 aliphatic carbocycles. The smallest absolute Gasteiger partial charge is 0.657 e. The number of fused-ring (bicyclic) bond motifs is 10. The second kappa shape index (κ2) is 18.2. The predicted molar refractivity (Wildman–Crippen MR) is 307 cm³/mol. The molecule has 0 amide bonds. The van der Waals surface area contributed by atoms with E-state index in [1.54, 1.807) is 0 Å². The fraction of sp³-hybridized carbons (Fsp3) is 0.239. The second-order valence-electron chi connectivity index (χ2n) is 23.9. The van der Waals surface area contributed by atoms with Crippen LogP contribution in [0.3, 0.4) is 0 Å². The molecule has 4 aromatic heterocycles. The van der Waals surface area contributed by atoms with Gasteiger partial charge in [-0.2, -0.15) is 0 Å². The molecule has 1 aliphatic rings. The van der Waals surface area contributed by atoms with E-state index in [9.17, 15) is 0 Å². The van der Waals surface area contributed by atoms with Crippen molar-refractivity contribution in [1.82, 2.24) is 19.9 Å².